The van der Waals surface area contributed by atoms with Crippen molar-refractivity contribution in [2.75, 3.05) is 31.1 Å². The number of anilines is 1. The molecule has 0 saturated carbocycles. The Morgan fingerprint density at radius 2 is 2.06 bits per heavy atom. The number of urea groups is 1. The van der Waals surface area contributed by atoms with Gasteiger partial charge in [0.25, 0.3) is 0 Å². The molecule has 0 N–H and O–H groups in total. The van der Waals surface area contributed by atoms with Crippen LogP contribution in [-0.4, -0.2) is 83.5 Å². The summed E-state index contributed by atoms with van der Waals surface area (Å²) in [5.41, 5.74) is 1.25. The molecule has 0 aromatic carbocycles. The fourth-order valence-corrected chi connectivity index (χ4v) is 3.87. The molecule has 2 aliphatic heterocycles. The summed E-state index contributed by atoms with van der Waals surface area (Å²) in [7, 11) is 0. The van der Waals surface area contributed by atoms with Gasteiger partial charge in [0.2, 0.25) is 5.95 Å². The summed E-state index contributed by atoms with van der Waals surface area (Å²) >= 11 is 0. The number of amides is 2. The summed E-state index contributed by atoms with van der Waals surface area (Å²) < 4.78 is 1.55. The number of nitriles is 1. The van der Waals surface area contributed by atoms with E-state index in [2.05, 4.69) is 41.6 Å². The molecule has 13 heteroatoms. The van der Waals surface area contributed by atoms with Crippen molar-refractivity contribution < 1.29 is 4.79 Å². The van der Waals surface area contributed by atoms with Gasteiger partial charge in [-0.1, -0.05) is 0 Å². The number of piperazine rings is 1. The van der Waals surface area contributed by atoms with Crippen LogP contribution in [0.2, 0.25) is 0 Å². The molecule has 0 radical (unpaired) electrons. The minimum Gasteiger partial charge on any atom is -0.337 e. The molecule has 0 aliphatic carbocycles. The second-order valence-electron chi connectivity index (χ2n) is 7.62. The van der Waals surface area contributed by atoms with Crippen molar-refractivity contribution in [3.8, 4) is 11.9 Å². The van der Waals surface area contributed by atoms with Crippen molar-refractivity contribution in [1.29, 1.82) is 5.26 Å². The molecule has 3 aromatic rings. The zero-order chi connectivity index (χ0) is 22.8. The predicted molar refractivity (Wildman–Crippen MR) is 115 cm³/mol. The van der Waals surface area contributed by atoms with Crippen LogP contribution in [0.25, 0.3) is 5.82 Å². The first-order chi connectivity index (χ1) is 16.1. The van der Waals surface area contributed by atoms with Crippen LogP contribution in [0.4, 0.5) is 10.7 Å². The van der Waals surface area contributed by atoms with Crippen molar-refractivity contribution in [1.82, 2.24) is 45.1 Å². The lowest BCUT2D eigenvalue weighted by Gasteiger charge is -2.37. The van der Waals surface area contributed by atoms with Crippen molar-refractivity contribution >= 4 is 18.2 Å². The first-order valence-corrected chi connectivity index (χ1v) is 10.4. The summed E-state index contributed by atoms with van der Waals surface area (Å²) in [5.74, 6) is 1.78. The SMILES string of the molecule is Cc1nnnn1-c1ccnc(N2CCN(C(=O)N3N=CCC3c3cncc(C#N)c3)CC2)n1. The molecule has 166 valence electrons. The van der Waals surface area contributed by atoms with Gasteiger partial charge in [-0.3, -0.25) is 4.98 Å². The number of nitrogens with zero attached hydrogens (tertiary/aromatic N) is 12. The van der Waals surface area contributed by atoms with Gasteiger partial charge in [0.05, 0.1) is 11.6 Å². The molecule has 13 nitrogen and oxygen atoms in total. The Hall–Kier alpha value is -4.47. The van der Waals surface area contributed by atoms with Crippen molar-refractivity contribution in [2.24, 2.45) is 5.10 Å². The highest BCUT2D eigenvalue weighted by atomic mass is 16.2. The van der Waals surface area contributed by atoms with E-state index in [-0.39, 0.29) is 12.1 Å². The summed E-state index contributed by atoms with van der Waals surface area (Å²) in [6, 6.07) is 5.14. The standard InChI is InChI=1S/C20H20N12O/c1-14-26-27-28-31(14)18-3-4-23-19(25-18)29-6-8-30(9-7-29)20(33)32-17(2-5-24-32)16-10-15(11-21)12-22-13-16/h3-5,10,12-13,17H,2,6-9H2,1H3. The number of rotatable bonds is 3. The Kier molecular flexibility index (Phi) is 5.31. The Labute approximate surface area is 189 Å². The summed E-state index contributed by atoms with van der Waals surface area (Å²) in [4.78, 5) is 30.1. The average molecular weight is 444 g/mol. The third-order valence-corrected chi connectivity index (χ3v) is 5.60. The van der Waals surface area contributed by atoms with Gasteiger partial charge in [-0.25, -0.2) is 14.8 Å². The second kappa shape index (κ2) is 8.58. The van der Waals surface area contributed by atoms with Crippen LogP contribution in [0, 0.1) is 18.3 Å². The smallest absolute Gasteiger partial charge is 0.337 e. The lowest BCUT2D eigenvalue weighted by Crippen LogP contribution is -2.52. The maximum absolute atomic E-state index is 13.2. The van der Waals surface area contributed by atoms with Crippen LogP contribution in [0.3, 0.4) is 0 Å². The third-order valence-electron chi connectivity index (χ3n) is 5.60. The summed E-state index contributed by atoms with van der Waals surface area (Å²) in [6.07, 6.45) is 7.15. The molecule has 5 rings (SSSR count). The number of aromatic nitrogens is 7. The maximum atomic E-state index is 13.2. The zero-order valence-electron chi connectivity index (χ0n) is 17.9. The third kappa shape index (κ3) is 3.93. The van der Waals surface area contributed by atoms with E-state index in [1.54, 1.807) is 47.2 Å². The van der Waals surface area contributed by atoms with Gasteiger partial charge in [-0.15, -0.1) is 5.10 Å². The number of tetrazole rings is 1. The van der Waals surface area contributed by atoms with E-state index in [0.29, 0.717) is 55.8 Å². The number of carbonyl (C=O) groups is 1. The van der Waals surface area contributed by atoms with Gasteiger partial charge in [-0.05, 0) is 29.0 Å². The lowest BCUT2D eigenvalue weighted by atomic mass is 10.1. The Balaban J connectivity index is 1.26. The fourth-order valence-electron chi connectivity index (χ4n) is 3.87. The first-order valence-electron chi connectivity index (χ1n) is 10.4. The topological polar surface area (TPSA) is 145 Å². The first kappa shape index (κ1) is 20.4. The largest absolute Gasteiger partial charge is 0.341 e. The minimum atomic E-state index is -0.268. The van der Waals surface area contributed by atoms with Crippen LogP contribution in [0.5, 0.6) is 0 Å². The molecule has 1 unspecified atom stereocenters. The fraction of sp³-hybridized carbons (Fsp3) is 0.350. The van der Waals surface area contributed by atoms with Crippen LogP contribution < -0.4 is 4.90 Å². The molecule has 3 aromatic heterocycles. The average Bonchev–Trinajstić information content (AvgIpc) is 3.53. The highest BCUT2D eigenvalue weighted by Crippen LogP contribution is 2.29. The van der Waals surface area contributed by atoms with Crippen LogP contribution in [0.15, 0.2) is 35.8 Å². The van der Waals surface area contributed by atoms with Gasteiger partial charge in [0, 0.05) is 63.5 Å². The number of hydrazone groups is 1. The summed E-state index contributed by atoms with van der Waals surface area (Å²) in [6.45, 7) is 3.97. The maximum Gasteiger partial charge on any atom is 0.341 e. The van der Waals surface area contributed by atoms with E-state index in [1.807, 2.05) is 4.90 Å². The van der Waals surface area contributed by atoms with Gasteiger partial charge >= 0.3 is 6.03 Å². The molecular formula is C20H20N12O. The molecule has 1 atom stereocenters. The predicted octanol–water partition coefficient (Wildman–Crippen LogP) is 0.702. The van der Waals surface area contributed by atoms with Gasteiger partial charge < -0.3 is 9.80 Å². The molecule has 33 heavy (non-hydrogen) atoms. The molecule has 0 bridgehead atoms. The molecule has 0 spiro atoms. The molecular weight excluding hydrogens is 424 g/mol. The van der Waals surface area contributed by atoms with E-state index in [9.17, 15) is 4.79 Å². The van der Waals surface area contributed by atoms with E-state index in [1.165, 1.54) is 11.2 Å². The van der Waals surface area contributed by atoms with Crippen LogP contribution >= 0.6 is 0 Å². The second-order valence-corrected chi connectivity index (χ2v) is 7.62. The normalized spacial score (nSPS) is 17.9. The molecule has 1 fully saturated rings. The highest BCUT2D eigenvalue weighted by molar-refractivity contribution is 5.78. The van der Waals surface area contributed by atoms with Crippen LogP contribution in [-0.2, 0) is 0 Å². The monoisotopic (exact) mass is 444 g/mol. The molecule has 2 aliphatic rings. The molecule has 1 saturated heterocycles. The van der Waals surface area contributed by atoms with Gasteiger partial charge in [-0.2, -0.15) is 20.0 Å². The number of pyridine rings is 1. The number of carbonyl (C=O) groups excluding carboxylic acids is 1. The van der Waals surface area contributed by atoms with Crippen molar-refractivity contribution in [3.63, 3.8) is 0 Å². The zero-order valence-corrected chi connectivity index (χ0v) is 17.9. The van der Waals surface area contributed by atoms with Gasteiger partial charge in [0.15, 0.2) is 11.6 Å². The highest BCUT2D eigenvalue weighted by Gasteiger charge is 2.33. The van der Waals surface area contributed by atoms with E-state index in [0.717, 1.165) is 5.56 Å². The van der Waals surface area contributed by atoms with E-state index >= 15 is 0 Å². The van der Waals surface area contributed by atoms with Crippen molar-refractivity contribution in [3.05, 3.63) is 47.7 Å². The van der Waals surface area contributed by atoms with E-state index in [4.69, 9.17) is 5.26 Å². The Morgan fingerprint density at radius 3 is 2.82 bits per heavy atom. The Bertz CT molecular complexity index is 1240. The number of hydrogen-bond donors (Lipinski definition) is 0. The summed E-state index contributed by atoms with van der Waals surface area (Å²) in [5, 5.41) is 26.4. The van der Waals surface area contributed by atoms with Crippen molar-refractivity contribution in [2.45, 2.75) is 19.4 Å². The van der Waals surface area contributed by atoms with Gasteiger partial charge in [0.1, 0.15) is 6.07 Å². The van der Waals surface area contributed by atoms with E-state index < -0.39 is 0 Å². The van der Waals surface area contributed by atoms with Crippen LogP contribution in [0.1, 0.15) is 29.4 Å². The molecule has 5 heterocycles. The molecule has 2 amide bonds. The minimum absolute atomic E-state index is 0.172. The quantitative estimate of drug-likeness (QED) is 0.570. The number of hydrogen-bond acceptors (Lipinski definition) is 10. The lowest BCUT2D eigenvalue weighted by molar-refractivity contribution is 0.139. The Morgan fingerprint density at radius 1 is 1.21 bits per heavy atom. The number of aryl methyl sites for hydroxylation is 1.